The minimum atomic E-state index is 0.0902. The number of hydrogen-bond donors (Lipinski definition) is 1. The number of nitrogens with one attached hydrogen (secondary N) is 1. The number of halogens is 1. The van der Waals surface area contributed by atoms with Crippen molar-refractivity contribution < 1.29 is 4.79 Å². The van der Waals surface area contributed by atoms with Crippen LogP contribution in [0.15, 0.2) is 30.3 Å². The van der Waals surface area contributed by atoms with Gasteiger partial charge in [-0.1, -0.05) is 30.3 Å². The topological polar surface area (TPSA) is 29.1 Å². The molecule has 0 fully saturated rings. The van der Waals surface area contributed by atoms with Gasteiger partial charge in [0.15, 0.2) is 0 Å². The van der Waals surface area contributed by atoms with E-state index in [1.54, 1.807) is 0 Å². The van der Waals surface area contributed by atoms with Crippen molar-refractivity contribution in [3.63, 3.8) is 0 Å². The molecule has 0 aromatic heterocycles. The minimum Gasteiger partial charge on any atom is -0.308 e. The average molecular weight is 212 g/mol. The third kappa shape index (κ3) is 3.48. The van der Waals surface area contributed by atoms with E-state index in [1.165, 1.54) is 0 Å². The number of alkyl halides is 1. The van der Waals surface area contributed by atoms with Crippen molar-refractivity contribution in [3.05, 3.63) is 35.9 Å². The van der Waals surface area contributed by atoms with Crippen LogP contribution in [0, 0.1) is 0 Å². The lowest BCUT2D eigenvalue weighted by Gasteiger charge is -2.15. The molecule has 1 unspecified atom stereocenters. The number of rotatable bonds is 6. The molecule has 1 rings (SSSR count). The fourth-order valence-electron chi connectivity index (χ4n) is 1.35. The second-order valence-electron chi connectivity index (χ2n) is 3.01. The van der Waals surface area contributed by atoms with E-state index in [4.69, 9.17) is 11.6 Å². The molecule has 76 valence electrons. The highest BCUT2D eigenvalue weighted by Crippen LogP contribution is 2.14. The first-order chi connectivity index (χ1) is 6.88. The second-order valence-corrected chi connectivity index (χ2v) is 3.39. The molecule has 0 heterocycles. The normalized spacial score (nSPS) is 12.4. The Bertz CT molecular complexity index is 263. The van der Waals surface area contributed by atoms with E-state index in [9.17, 15) is 4.79 Å². The van der Waals surface area contributed by atoms with E-state index < -0.39 is 0 Å². The van der Waals surface area contributed by atoms with E-state index >= 15 is 0 Å². The van der Waals surface area contributed by atoms with Crippen LogP contribution in [0.5, 0.6) is 0 Å². The Morgan fingerprint density at radius 2 is 2.07 bits per heavy atom. The predicted octanol–water partition coefficient (Wildman–Crippen LogP) is 2.15. The van der Waals surface area contributed by atoms with Crippen molar-refractivity contribution in [2.45, 2.75) is 12.5 Å². The van der Waals surface area contributed by atoms with Crippen molar-refractivity contribution in [1.82, 2.24) is 5.32 Å². The molecule has 1 aromatic rings. The standard InChI is InChI=1S/C11H14ClNO/c12-7-8-13-11(6-9-14)10-4-2-1-3-5-10/h1-5,9,11,13H,6-8H2. The summed E-state index contributed by atoms with van der Waals surface area (Å²) in [5.74, 6) is 0.558. The second kappa shape index (κ2) is 6.57. The van der Waals surface area contributed by atoms with Crippen LogP contribution in [0.3, 0.4) is 0 Å². The van der Waals surface area contributed by atoms with Crippen molar-refractivity contribution >= 4 is 17.9 Å². The van der Waals surface area contributed by atoms with Crippen molar-refractivity contribution in [1.29, 1.82) is 0 Å². The van der Waals surface area contributed by atoms with Crippen LogP contribution in [0.1, 0.15) is 18.0 Å². The Labute approximate surface area is 89.3 Å². The van der Waals surface area contributed by atoms with Crippen LogP contribution >= 0.6 is 11.6 Å². The minimum absolute atomic E-state index is 0.0902. The molecule has 0 radical (unpaired) electrons. The first-order valence-corrected chi connectivity index (χ1v) is 5.20. The number of hydrogen-bond acceptors (Lipinski definition) is 2. The summed E-state index contributed by atoms with van der Waals surface area (Å²) in [5, 5.41) is 3.22. The quantitative estimate of drug-likeness (QED) is 0.577. The fourth-order valence-corrected chi connectivity index (χ4v) is 1.46. The summed E-state index contributed by atoms with van der Waals surface area (Å²) >= 11 is 5.58. The number of benzene rings is 1. The van der Waals surface area contributed by atoms with Gasteiger partial charge >= 0.3 is 0 Å². The molecule has 0 saturated heterocycles. The van der Waals surface area contributed by atoms with Gasteiger partial charge in [-0.2, -0.15) is 0 Å². The van der Waals surface area contributed by atoms with Gasteiger partial charge in [0, 0.05) is 24.9 Å². The Balaban J connectivity index is 2.62. The zero-order chi connectivity index (χ0) is 10.2. The van der Waals surface area contributed by atoms with Gasteiger partial charge in [0.1, 0.15) is 6.29 Å². The van der Waals surface area contributed by atoms with Crippen LogP contribution in [0.4, 0.5) is 0 Å². The molecule has 1 aromatic carbocycles. The molecular weight excluding hydrogens is 198 g/mol. The molecule has 0 aliphatic heterocycles. The predicted molar refractivity (Wildman–Crippen MR) is 58.6 cm³/mol. The van der Waals surface area contributed by atoms with Crippen LogP contribution in [-0.4, -0.2) is 18.7 Å². The van der Waals surface area contributed by atoms with E-state index in [0.717, 1.165) is 18.4 Å². The molecule has 0 spiro atoms. The van der Waals surface area contributed by atoms with Crippen LogP contribution < -0.4 is 5.32 Å². The molecule has 0 bridgehead atoms. The molecule has 1 N–H and O–H groups in total. The third-order valence-electron chi connectivity index (χ3n) is 2.02. The van der Waals surface area contributed by atoms with Gasteiger partial charge in [-0.3, -0.25) is 0 Å². The van der Waals surface area contributed by atoms with Crippen molar-refractivity contribution in [2.24, 2.45) is 0 Å². The Kier molecular flexibility index (Phi) is 5.27. The summed E-state index contributed by atoms with van der Waals surface area (Å²) in [6, 6.07) is 10.0. The molecule has 3 heteroatoms. The largest absolute Gasteiger partial charge is 0.308 e. The summed E-state index contributed by atoms with van der Waals surface area (Å²) in [6.45, 7) is 0.717. The molecule has 1 atom stereocenters. The van der Waals surface area contributed by atoms with Gasteiger partial charge in [0.25, 0.3) is 0 Å². The smallest absolute Gasteiger partial charge is 0.121 e. The highest BCUT2D eigenvalue weighted by atomic mass is 35.5. The van der Waals surface area contributed by atoms with E-state index in [0.29, 0.717) is 12.3 Å². The van der Waals surface area contributed by atoms with Gasteiger partial charge in [0.2, 0.25) is 0 Å². The van der Waals surface area contributed by atoms with Gasteiger partial charge < -0.3 is 10.1 Å². The SMILES string of the molecule is O=CCC(NCCCl)c1ccccc1. The lowest BCUT2D eigenvalue weighted by Crippen LogP contribution is -2.23. The Morgan fingerprint density at radius 1 is 1.36 bits per heavy atom. The summed E-state index contributed by atoms with van der Waals surface area (Å²) in [6.07, 6.45) is 1.42. The zero-order valence-electron chi connectivity index (χ0n) is 7.95. The lowest BCUT2D eigenvalue weighted by atomic mass is 10.0. The fraction of sp³-hybridized carbons (Fsp3) is 0.364. The maximum absolute atomic E-state index is 10.5. The van der Waals surface area contributed by atoms with E-state index in [-0.39, 0.29) is 6.04 Å². The maximum atomic E-state index is 10.5. The van der Waals surface area contributed by atoms with E-state index in [2.05, 4.69) is 5.32 Å². The summed E-state index contributed by atoms with van der Waals surface area (Å²) < 4.78 is 0. The zero-order valence-corrected chi connectivity index (χ0v) is 8.70. The summed E-state index contributed by atoms with van der Waals surface area (Å²) in [7, 11) is 0. The number of carbonyl (C=O) groups excluding carboxylic acids is 1. The maximum Gasteiger partial charge on any atom is 0.121 e. The molecule has 0 aliphatic carbocycles. The molecular formula is C11H14ClNO. The Hall–Kier alpha value is -0.860. The average Bonchev–Trinajstić information content (AvgIpc) is 2.25. The van der Waals surface area contributed by atoms with Gasteiger partial charge in [-0.05, 0) is 5.56 Å². The molecule has 0 amide bonds. The lowest BCUT2D eigenvalue weighted by molar-refractivity contribution is -0.108. The van der Waals surface area contributed by atoms with Crippen LogP contribution in [0.25, 0.3) is 0 Å². The summed E-state index contributed by atoms with van der Waals surface area (Å²) in [5.41, 5.74) is 1.13. The monoisotopic (exact) mass is 211 g/mol. The van der Waals surface area contributed by atoms with Gasteiger partial charge in [-0.25, -0.2) is 0 Å². The first-order valence-electron chi connectivity index (χ1n) is 4.66. The summed E-state index contributed by atoms with van der Waals surface area (Å²) in [4.78, 5) is 10.5. The highest BCUT2D eigenvalue weighted by molar-refractivity contribution is 6.18. The molecule has 0 saturated carbocycles. The van der Waals surface area contributed by atoms with Crippen LogP contribution in [-0.2, 0) is 4.79 Å². The number of carbonyl (C=O) groups is 1. The third-order valence-corrected chi connectivity index (χ3v) is 2.21. The van der Waals surface area contributed by atoms with Crippen LogP contribution in [0.2, 0.25) is 0 Å². The highest BCUT2D eigenvalue weighted by Gasteiger charge is 2.08. The van der Waals surface area contributed by atoms with Gasteiger partial charge in [-0.15, -0.1) is 11.6 Å². The Morgan fingerprint density at radius 3 is 2.64 bits per heavy atom. The van der Waals surface area contributed by atoms with Crippen molar-refractivity contribution in [2.75, 3.05) is 12.4 Å². The molecule has 0 aliphatic rings. The molecule has 14 heavy (non-hydrogen) atoms. The molecule has 2 nitrogen and oxygen atoms in total. The van der Waals surface area contributed by atoms with E-state index in [1.807, 2.05) is 30.3 Å². The van der Waals surface area contributed by atoms with Crippen molar-refractivity contribution in [3.8, 4) is 0 Å². The first kappa shape index (κ1) is 11.2. The van der Waals surface area contributed by atoms with Gasteiger partial charge in [0.05, 0.1) is 0 Å². The number of aldehydes is 1.